The van der Waals surface area contributed by atoms with Gasteiger partial charge in [0.2, 0.25) is 5.91 Å². The lowest BCUT2D eigenvalue weighted by Crippen LogP contribution is -2.48. The first kappa shape index (κ1) is 16.8. The predicted octanol–water partition coefficient (Wildman–Crippen LogP) is 2.35. The number of nitriles is 1. The van der Waals surface area contributed by atoms with Crippen molar-refractivity contribution < 1.29 is 9.53 Å². The molecule has 1 aliphatic rings. The molecule has 1 saturated heterocycles. The Kier molecular flexibility index (Phi) is 6.25. The molecular formula is C16H21N3O2S. The van der Waals surface area contributed by atoms with Crippen LogP contribution in [0.2, 0.25) is 0 Å². The highest BCUT2D eigenvalue weighted by molar-refractivity contribution is 7.99. The zero-order valence-electron chi connectivity index (χ0n) is 12.9. The number of carbonyl (C=O) groups excluding carboxylic acids is 1. The van der Waals surface area contributed by atoms with Crippen LogP contribution in [0.3, 0.4) is 0 Å². The van der Waals surface area contributed by atoms with E-state index in [4.69, 9.17) is 10.00 Å². The third-order valence-corrected chi connectivity index (χ3v) is 4.26. The Hall–Kier alpha value is -1.55. The van der Waals surface area contributed by atoms with E-state index in [9.17, 15) is 4.79 Å². The molecule has 0 bridgehead atoms. The molecule has 0 aliphatic carbocycles. The average molecular weight is 319 g/mol. The maximum atomic E-state index is 12.3. The molecular weight excluding hydrogens is 298 g/mol. The summed E-state index contributed by atoms with van der Waals surface area (Å²) in [5, 5.41) is 11.6. The lowest BCUT2D eigenvalue weighted by Gasteiger charge is -2.34. The zero-order valence-corrected chi connectivity index (χ0v) is 13.7. The van der Waals surface area contributed by atoms with E-state index < -0.39 is 0 Å². The van der Waals surface area contributed by atoms with Gasteiger partial charge >= 0.3 is 0 Å². The number of carbonyl (C=O) groups is 1. The van der Waals surface area contributed by atoms with Gasteiger partial charge in [-0.3, -0.25) is 9.69 Å². The van der Waals surface area contributed by atoms with Crippen LogP contribution in [0.1, 0.15) is 13.8 Å². The molecule has 1 aromatic carbocycles. The second-order valence-corrected chi connectivity index (χ2v) is 6.46. The van der Waals surface area contributed by atoms with Crippen LogP contribution >= 0.6 is 11.8 Å². The maximum Gasteiger partial charge on any atom is 0.238 e. The molecule has 1 heterocycles. The highest BCUT2D eigenvalue weighted by Crippen LogP contribution is 2.26. The number of nitrogens with one attached hydrogen (secondary N) is 1. The lowest BCUT2D eigenvalue weighted by atomic mass is 10.2. The number of rotatable bonds is 5. The Morgan fingerprint density at radius 3 is 2.77 bits per heavy atom. The van der Waals surface area contributed by atoms with Gasteiger partial charge < -0.3 is 10.1 Å². The summed E-state index contributed by atoms with van der Waals surface area (Å²) in [5.41, 5.74) is 0.766. The summed E-state index contributed by atoms with van der Waals surface area (Å²) in [6.07, 6.45) is 0.296. The van der Waals surface area contributed by atoms with Crippen molar-refractivity contribution in [2.24, 2.45) is 0 Å². The Labute approximate surface area is 135 Å². The SMILES string of the molecule is C[C@H]1CN(CC(=O)Nc2ccccc2SCC#N)C[C@H](C)O1. The minimum atomic E-state index is -0.0358. The first-order valence-electron chi connectivity index (χ1n) is 7.35. The number of anilines is 1. The number of para-hydroxylation sites is 1. The first-order chi connectivity index (χ1) is 10.6. The second kappa shape index (κ2) is 8.18. The summed E-state index contributed by atoms with van der Waals surface area (Å²) >= 11 is 1.43. The molecule has 2 rings (SSSR count). The van der Waals surface area contributed by atoms with Crippen LogP contribution in [-0.2, 0) is 9.53 Å². The number of ether oxygens (including phenoxy) is 1. The molecule has 0 aromatic heterocycles. The van der Waals surface area contributed by atoms with E-state index in [-0.39, 0.29) is 18.1 Å². The number of thioether (sulfide) groups is 1. The van der Waals surface area contributed by atoms with Crippen molar-refractivity contribution in [3.63, 3.8) is 0 Å². The van der Waals surface area contributed by atoms with E-state index >= 15 is 0 Å². The Morgan fingerprint density at radius 2 is 2.09 bits per heavy atom. The number of morpholine rings is 1. The summed E-state index contributed by atoms with van der Waals surface area (Å²) < 4.78 is 5.67. The smallest absolute Gasteiger partial charge is 0.238 e. The number of hydrogen-bond acceptors (Lipinski definition) is 5. The van der Waals surface area contributed by atoms with E-state index in [1.54, 1.807) is 0 Å². The van der Waals surface area contributed by atoms with Crippen molar-refractivity contribution in [2.75, 3.05) is 30.7 Å². The van der Waals surface area contributed by atoms with Crippen molar-refractivity contribution in [1.29, 1.82) is 5.26 Å². The van der Waals surface area contributed by atoms with Gasteiger partial charge in [-0.05, 0) is 26.0 Å². The van der Waals surface area contributed by atoms with Crippen LogP contribution in [0.25, 0.3) is 0 Å². The van der Waals surface area contributed by atoms with Gasteiger partial charge in [-0.2, -0.15) is 5.26 Å². The summed E-state index contributed by atoms with van der Waals surface area (Å²) in [7, 11) is 0. The topological polar surface area (TPSA) is 65.4 Å². The van der Waals surface area contributed by atoms with Crippen LogP contribution in [0, 0.1) is 11.3 Å². The quantitative estimate of drug-likeness (QED) is 0.844. The molecule has 22 heavy (non-hydrogen) atoms. The zero-order chi connectivity index (χ0) is 15.9. The van der Waals surface area contributed by atoms with Crippen LogP contribution in [0.5, 0.6) is 0 Å². The molecule has 1 N–H and O–H groups in total. The minimum Gasteiger partial charge on any atom is -0.373 e. The van der Waals surface area contributed by atoms with E-state index in [1.807, 2.05) is 38.1 Å². The summed E-state index contributed by atoms with van der Waals surface area (Å²) in [6.45, 7) is 5.93. The monoisotopic (exact) mass is 319 g/mol. The summed E-state index contributed by atoms with van der Waals surface area (Å²) in [5.74, 6) is 0.331. The lowest BCUT2D eigenvalue weighted by molar-refractivity contribution is -0.121. The van der Waals surface area contributed by atoms with Gasteiger partial charge in [0.15, 0.2) is 0 Å². The molecule has 0 radical (unpaired) electrons. The molecule has 5 nitrogen and oxygen atoms in total. The molecule has 1 aromatic rings. The molecule has 1 amide bonds. The largest absolute Gasteiger partial charge is 0.373 e. The summed E-state index contributed by atoms with van der Waals surface area (Å²) in [6, 6.07) is 9.66. The van der Waals surface area contributed by atoms with Crippen LogP contribution in [0.15, 0.2) is 29.2 Å². The number of benzene rings is 1. The van der Waals surface area contributed by atoms with Gasteiger partial charge in [0.05, 0.1) is 36.3 Å². The van der Waals surface area contributed by atoms with Crippen molar-refractivity contribution >= 4 is 23.4 Å². The maximum absolute atomic E-state index is 12.3. The van der Waals surface area contributed by atoms with Gasteiger partial charge in [0, 0.05) is 18.0 Å². The predicted molar refractivity (Wildman–Crippen MR) is 87.9 cm³/mol. The Balaban J connectivity index is 1.93. The highest BCUT2D eigenvalue weighted by Gasteiger charge is 2.23. The van der Waals surface area contributed by atoms with Crippen LogP contribution in [0.4, 0.5) is 5.69 Å². The molecule has 1 aliphatic heterocycles. The van der Waals surface area contributed by atoms with Crippen molar-refractivity contribution in [3.05, 3.63) is 24.3 Å². The van der Waals surface area contributed by atoms with Gasteiger partial charge in [-0.1, -0.05) is 12.1 Å². The van der Waals surface area contributed by atoms with Crippen molar-refractivity contribution in [1.82, 2.24) is 4.90 Å². The fraction of sp³-hybridized carbons (Fsp3) is 0.500. The third kappa shape index (κ3) is 5.02. The molecule has 118 valence electrons. The second-order valence-electron chi connectivity index (χ2n) is 5.44. The molecule has 0 saturated carbocycles. The van der Waals surface area contributed by atoms with Crippen molar-refractivity contribution in [3.8, 4) is 6.07 Å². The van der Waals surface area contributed by atoms with E-state index in [1.165, 1.54) is 11.8 Å². The van der Waals surface area contributed by atoms with Crippen LogP contribution in [-0.4, -0.2) is 48.4 Å². The molecule has 0 spiro atoms. The van der Waals surface area contributed by atoms with Gasteiger partial charge in [0.25, 0.3) is 0 Å². The average Bonchev–Trinajstić information content (AvgIpc) is 2.45. The van der Waals surface area contributed by atoms with Gasteiger partial charge in [-0.25, -0.2) is 0 Å². The first-order valence-corrected chi connectivity index (χ1v) is 8.33. The molecule has 2 atom stereocenters. The normalized spacial score (nSPS) is 22.0. The Bertz CT molecular complexity index is 549. The standard InChI is InChI=1S/C16H21N3O2S/c1-12-9-19(10-13(2)21-12)11-16(20)18-14-5-3-4-6-15(14)22-8-7-17/h3-6,12-13H,8-11H2,1-2H3,(H,18,20)/t12-,13-/m0/s1. The summed E-state index contributed by atoms with van der Waals surface area (Å²) in [4.78, 5) is 15.3. The third-order valence-electron chi connectivity index (χ3n) is 3.32. The highest BCUT2D eigenvalue weighted by atomic mass is 32.2. The number of hydrogen-bond donors (Lipinski definition) is 1. The molecule has 1 fully saturated rings. The van der Waals surface area contributed by atoms with E-state index in [0.29, 0.717) is 12.3 Å². The number of amides is 1. The Morgan fingerprint density at radius 1 is 1.41 bits per heavy atom. The molecule has 6 heteroatoms. The van der Waals surface area contributed by atoms with Gasteiger partial charge in [0.1, 0.15) is 0 Å². The molecule has 0 unspecified atom stereocenters. The fourth-order valence-corrected chi connectivity index (χ4v) is 3.28. The minimum absolute atomic E-state index is 0.0358. The van der Waals surface area contributed by atoms with E-state index in [0.717, 1.165) is 23.7 Å². The van der Waals surface area contributed by atoms with Crippen molar-refractivity contribution in [2.45, 2.75) is 31.0 Å². The van der Waals surface area contributed by atoms with E-state index in [2.05, 4.69) is 16.3 Å². The fourth-order valence-electron chi connectivity index (χ4n) is 2.61. The van der Waals surface area contributed by atoms with Crippen LogP contribution < -0.4 is 5.32 Å². The number of nitrogens with zero attached hydrogens (tertiary/aromatic N) is 2. The van der Waals surface area contributed by atoms with Gasteiger partial charge in [-0.15, -0.1) is 11.8 Å².